The lowest BCUT2D eigenvalue weighted by Gasteiger charge is -2.12. The van der Waals surface area contributed by atoms with Gasteiger partial charge in [-0.05, 0) is 62.7 Å². The molecule has 0 heterocycles. The SMILES string of the molecule is CCCNC(C)CCCCSc1ccc(Br)cc1. The van der Waals surface area contributed by atoms with Crippen LogP contribution in [0.25, 0.3) is 0 Å². The van der Waals surface area contributed by atoms with Gasteiger partial charge in [-0.15, -0.1) is 11.8 Å². The molecule has 0 aliphatic heterocycles. The van der Waals surface area contributed by atoms with Gasteiger partial charge in [0.2, 0.25) is 0 Å². The van der Waals surface area contributed by atoms with Crippen LogP contribution in [0.4, 0.5) is 0 Å². The fraction of sp³-hybridized carbons (Fsp3) is 0.600. The van der Waals surface area contributed by atoms with Crippen molar-refractivity contribution in [3.05, 3.63) is 28.7 Å². The zero-order valence-corrected chi connectivity index (χ0v) is 13.8. The summed E-state index contributed by atoms with van der Waals surface area (Å²) in [5.41, 5.74) is 0. The van der Waals surface area contributed by atoms with Crippen molar-refractivity contribution in [2.24, 2.45) is 0 Å². The summed E-state index contributed by atoms with van der Waals surface area (Å²) in [5, 5.41) is 3.54. The Morgan fingerprint density at radius 3 is 2.61 bits per heavy atom. The summed E-state index contributed by atoms with van der Waals surface area (Å²) in [6, 6.07) is 9.25. The van der Waals surface area contributed by atoms with E-state index >= 15 is 0 Å². The van der Waals surface area contributed by atoms with Crippen molar-refractivity contribution in [3.8, 4) is 0 Å². The van der Waals surface area contributed by atoms with Crippen molar-refractivity contribution in [1.82, 2.24) is 5.32 Å². The lowest BCUT2D eigenvalue weighted by atomic mass is 10.1. The van der Waals surface area contributed by atoms with Gasteiger partial charge in [-0.1, -0.05) is 29.3 Å². The van der Waals surface area contributed by atoms with Crippen molar-refractivity contribution < 1.29 is 0 Å². The van der Waals surface area contributed by atoms with Gasteiger partial charge >= 0.3 is 0 Å². The quantitative estimate of drug-likeness (QED) is 0.499. The second-order valence-electron chi connectivity index (χ2n) is 4.65. The van der Waals surface area contributed by atoms with Gasteiger partial charge in [-0.2, -0.15) is 0 Å². The highest BCUT2D eigenvalue weighted by Crippen LogP contribution is 2.21. The van der Waals surface area contributed by atoms with E-state index in [9.17, 15) is 0 Å². The molecule has 1 aromatic rings. The molecule has 0 aliphatic carbocycles. The highest BCUT2D eigenvalue weighted by atomic mass is 79.9. The summed E-state index contributed by atoms with van der Waals surface area (Å²) in [7, 11) is 0. The smallest absolute Gasteiger partial charge is 0.0176 e. The van der Waals surface area contributed by atoms with Crippen LogP contribution in [0.1, 0.15) is 39.5 Å². The van der Waals surface area contributed by atoms with Gasteiger partial charge < -0.3 is 5.32 Å². The molecule has 3 heteroatoms. The normalized spacial score (nSPS) is 12.6. The van der Waals surface area contributed by atoms with E-state index < -0.39 is 0 Å². The predicted octanol–water partition coefficient (Wildman–Crippen LogP) is 5.10. The molecular weight excluding hydrogens is 306 g/mol. The first-order chi connectivity index (χ1) is 8.72. The maximum Gasteiger partial charge on any atom is 0.0176 e. The molecule has 0 fully saturated rings. The molecule has 102 valence electrons. The van der Waals surface area contributed by atoms with Crippen LogP contribution in [0.15, 0.2) is 33.6 Å². The molecule has 0 amide bonds. The first-order valence-corrected chi connectivity index (χ1v) is 8.62. The molecule has 18 heavy (non-hydrogen) atoms. The Bertz CT molecular complexity index is 313. The van der Waals surface area contributed by atoms with Gasteiger partial charge in [0.05, 0.1) is 0 Å². The van der Waals surface area contributed by atoms with Crippen LogP contribution in [0.5, 0.6) is 0 Å². The summed E-state index contributed by atoms with van der Waals surface area (Å²) in [6.07, 6.45) is 5.14. The van der Waals surface area contributed by atoms with Gasteiger partial charge in [0, 0.05) is 15.4 Å². The molecule has 0 aromatic heterocycles. The van der Waals surface area contributed by atoms with Crippen LogP contribution in [0.2, 0.25) is 0 Å². The third-order valence-electron chi connectivity index (χ3n) is 2.86. The van der Waals surface area contributed by atoms with Crippen molar-refractivity contribution in [2.75, 3.05) is 12.3 Å². The van der Waals surface area contributed by atoms with Crippen LogP contribution in [-0.4, -0.2) is 18.3 Å². The minimum absolute atomic E-state index is 0.669. The van der Waals surface area contributed by atoms with E-state index in [4.69, 9.17) is 0 Å². The van der Waals surface area contributed by atoms with Crippen LogP contribution < -0.4 is 5.32 Å². The second kappa shape index (κ2) is 9.88. The summed E-state index contributed by atoms with van der Waals surface area (Å²) in [4.78, 5) is 1.37. The molecular formula is C15H24BrNS. The molecule has 1 atom stereocenters. The topological polar surface area (TPSA) is 12.0 Å². The monoisotopic (exact) mass is 329 g/mol. The highest BCUT2D eigenvalue weighted by Gasteiger charge is 2.00. The zero-order valence-electron chi connectivity index (χ0n) is 11.4. The zero-order chi connectivity index (χ0) is 13.2. The predicted molar refractivity (Wildman–Crippen MR) is 86.5 cm³/mol. The van der Waals surface area contributed by atoms with Crippen LogP contribution in [0, 0.1) is 0 Å². The third kappa shape index (κ3) is 7.45. The van der Waals surface area contributed by atoms with Crippen molar-refractivity contribution >= 4 is 27.7 Å². The van der Waals surface area contributed by atoms with Crippen molar-refractivity contribution in [1.29, 1.82) is 0 Å². The molecule has 1 N–H and O–H groups in total. The summed E-state index contributed by atoms with van der Waals surface area (Å²) in [5.74, 6) is 1.22. The lowest BCUT2D eigenvalue weighted by Crippen LogP contribution is -2.26. The fourth-order valence-electron chi connectivity index (χ4n) is 1.77. The maximum absolute atomic E-state index is 3.54. The highest BCUT2D eigenvalue weighted by molar-refractivity contribution is 9.10. The molecule has 1 aromatic carbocycles. The number of rotatable bonds is 9. The van der Waals surface area contributed by atoms with Crippen LogP contribution >= 0.6 is 27.7 Å². The number of unbranched alkanes of at least 4 members (excludes halogenated alkanes) is 1. The Labute approximate surface area is 124 Å². The molecule has 1 rings (SSSR count). The van der Waals surface area contributed by atoms with Gasteiger partial charge in [-0.25, -0.2) is 0 Å². The van der Waals surface area contributed by atoms with Crippen molar-refractivity contribution in [3.63, 3.8) is 0 Å². The average Bonchev–Trinajstić information content (AvgIpc) is 2.38. The molecule has 0 saturated heterocycles. The fourth-order valence-corrected chi connectivity index (χ4v) is 2.94. The van der Waals surface area contributed by atoms with Gasteiger partial charge in [0.15, 0.2) is 0 Å². The number of hydrogen-bond acceptors (Lipinski definition) is 2. The summed E-state index contributed by atoms with van der Waals surface area (Å²) in [6.45, 7) is 5.65. The summed E-state index contributed by atoms with van der Waals surface area (Å²) >= 11 is 5.42. The Kier molecular flexibility index (Phi) is 8.82. The van der Waals surface area contributed by atoms with Crippen LogP contribution in [-0.2, 0) is 0 Å². The molecule has 0 spiro atoms. The summed E-state index contributed by atoms with van der Waals surface area (Å²) < 4.78 is 1.16. The Balaban J connectivity index is 2.03. The first kappa shape index (κ1) is 16.1. The van der Waals surface area contributed by atoms with E-state index in [1.54, 1.807) is 0 Å². The van der Waals surface area contributed by atoms with E-state index in [0.29, 0.717) is 6.04 Å². The van der Waals surface area contributed by atoms with Gasteiger partial charge in [0.1, 0.15) is 0 Å². The molecule has 0 bridgehead atoms. The molecule has 0 aliphatic rings. The molecule has 1 nitrogen and oxygen atoms in total. The first-order valence-electron chi connectivity index (χ1n) is 6.84. The Morgan fingerprint density at radius 2 is 1.94 bits per heavy atom. The number of nitrogens with one attached hydrogen (secondary N) is 1. The average molecular weight is 330 g/mol. The van der Waals surface area contributed by atoms with Crippen LogP contribution in [0.3, 0.4) is 0 Å². The Hall–Kier alpha value is 0.01000. The van der Waals surface area contributed by atoms with E-state index in [0.717, 1.165) is 11.0 Å². The van der Waals surface area contributed by atoms with Gasteiger partial charge in [-0.3, -0.25) is 0 Å². The lowest BCUT2D eigenvalue weighted by molar-refractivity contribution is 0.496. The van der Waals surface area contributed by atoms with E-state index in [1.165, 1.54) is 36.3 Å². The molecule has 1 unspecified atom stereocenters. The Morgan fingerprint density at radius 1 is 1.22 bits per heavy atom. The second-order valence-corrected chi connectivity index (χ2v) is 6.74. The van der Waals surface area contributed by atoms with E-state index in [1.807, 2.05) is 11.8 Å². The molecule has 0 radical (unpaired) electrons. The number of benzene rings is 1. The standard InChI is InChI=1S/C15H24BrNS/c1-3-11-17-13(2)6-4-5-12-18-15-9-7-14(16)8-10-15/h7-10,13,17H,3-6,11-12H2,1-2H3. The third-order valence-corrected chi connectivity index (χ3v) is 4.48. The number of thioether (sulfide) groups is 1. The van der Waals surface area contributed by atoms with Gasteiger partial charge in [0.25, 0.3) is 0 Å². The minimum Gasteiger partial charge on any atom is -0.314 e. The van der Waals surface area contributed by atoms with E-state index in [-0.39, 0.29) is 0 Å². The minimum atomic E-state index is 0.669. The van der Waals surface area contributed by atoms with Crippen molar-refractivity contribution in [2.45, 2.75) is 50.5 Å². The molecule has 0 saturated carbocycles. The number of halogens is 1. The largest absolute Gasteiger partial charge is 0.314 e. The maximum atomic E-state index is 3.54. The van der Waals surface area contributed by atoms with E-state index in [2.05, 4.69) is 59.4 Å². The number of hydrogen-bond donors (Lipinski definition) is 1.